The topological polar surface area (TPSA) is 68.2 Å². The van der Waals surface area contributed by atoms with Gasteiger partial charge in [0.1, 0.15) is 5.60 Å². The molecule has 176 valence electrons. The number of hydrogen-bond acceptors (Lipinski definition) is 5. The second-order valence-corrected chi connectivity index (χ2v) is 11.6. The molecule has 0 bridgehead atoms. The van der Waals surface area contributed by atoms with E-state index in [-0.39, 0.29) is 23.3 Å². The largest absolute Gasteiger partial charge is 0.494 e. The molecular formula is C25H38BNO5. The number of benzene rings is 1. The number of carbonyl (C=O) groups excluding carboxylic acids is 1. The molecule has 4 rings (SSSR count). The molecule has 3 fully saturated rings. The van der Waals surface area contributed by atoms with Crippen molar-refractivity contribution in [2.45, 2.75) is 103 Å². The fraction of sp³-hybridized carbons (Fsp3) is 0.720. The van der Waals surface area contributed by atoms with Crippen LogP contribution < -0.4 is 5.46 Å². The maximum absolute atomic E-state index is 13.0. The summed E-state index contributed by atoms with van der Waals surface area (Å²) in [4.78, 5) is 14.8. The predicted molar refractivity (Wildman–Crippen MR) is 125 cm³/mol. The molecule has 1 saturated carbocycles. The van der Waals surface area contributed by atoms with Gasteiger partial charge in [0.2, 0.25) is 0 Å². The van der Waals surface area contributed by atoms with E-state index in [1.807, 2.05) is 58.9 Å². The molecule has 1 aliphatic carbocycles. The first-order valence-electron chi connectivity index (χ1n) is 11.9. The fourth-order valence-corrected chi connectivity index (χ4v) is 5.03. The minimum absolute atomic E-state index is 0.103. The molecule has 2 atom stereocenters. The van der Waals surface area contributed by atoms with Crippen LogP contribution in [-0.4, -0.2) is 52.2 Å². The van der Waals surface area contributed by atoms with E-state index in [4.69, 9.17) is 14.0 Å². The summed E-state index contributed by atoms with van der Waals surface area (Å²) in [6.45, 7) is 14.4. The third-order valence-corrected chi connectivity index (χ3v) is 7.77. The maximum atomic E-state index is 13.0. The van der Waals surface area contributed by atoms with Crippen LogP contribution in [0.5, 0.6) is 0 Å². The van der Waals surface area contributed by atoms with E-state index in [1.165, 1.54) is 0 Å². The average molecular weight is 443 g/mol. The molecule has 1 aromatic carbocycles. The number of nitrogens with zero attached hydrogens (tertiary/aromatic N) is 1. The lowest BCUT2D eigenvalue weighted by Crippen LogP contribution is -2.54. The fourth-order valence-electron chi connectivity index (χ4n) is 5.03. The van der Waals surface area contributed by atoms with Crippen molar-refractivity contribution < 1.29 is 23.9 Å². The van der Waals surface area contributed by atoms with E-state index in [0.29, 0.717) is 18.9 Å². The van der Waals surface area contributed by atoms with E-state index in [9.17, 15) is 9.90 Å². The Labute approximate surface area is 192 Å². The molecule has 2 unspecified atom stereocenters. The molecule has 32 heavy (non-hydrogen) atoms. The lowest BCUT2D eigenvalue weighted by molar-refractivity contribution is -0.108. The summed E-state index contributed by atoms with van der Waals surface area (Å²) in [5.74, 6) is 0.370. The Morgan fingerprint density at radius 1 is 1.12 bits per heavy atom. The van der Waals surface area contributed by atoms with Crippen molar-refractivity contribution in [2.75, 3.05) is 6.54 Å². The van der Waals surface area contributed by atoms with Gasteiger partial charge >= 0.3 is 13.2 Å². The number of rotatable bonds is 6. The van der Waals surface area contributed by atoms with Gasteiger partial charge in [0, 0.05) is 19.4 Å². The molecule has 0 radical (unpaired) electrons. The lowest BCUT2D eigenvalue weighted by Gasteiger charge is -2.45. The number of ether oxygens (including phenoxy) is 1. The second kappa shape index (κ2) is 7.74. The van der Waals surface area contributed by atoms with Gasteiger partial charge in [0.15, 0.2) is 0 Å². The summed E-state index contributed by atoms with van der Waals surface area (Å²) in [5.41, 5.74) is -0.134. The molecular weight excluding hydrogens is 405 g/mol. The number of carbonyl (C=O) groups is 1. The first-order chi connectivity index (χ1) is 14.7. The smallest absolute Gasteiger partial charge is 0.442 e. The molecule has 7 heteroatoms. The van der Waals surface area contributed by atoms with Crippen LogP contribution in [0.25, 0.3) is 0 Å². The minimum Gasteiger partial charge on any atom is -0.442 e. The van der Waals surface area contributed by atoms with Crippen molar-refractivity contribution in [1.29, 1.82) is 0 Å². The molecule has 1 N–H and O–H groups in total. The molecule has 1 aromatic rings. The zero-order chi connectivity index (χ0) is 23.5. The van der Waals surface area contributed by atoms with Gasteiger partial charge in [-0.2, -0.15) is 0 Å². The Hall–Kier alpha value is -1.57. The molecule has 2 aliphatic heterocycles. The summed E-state index contributed by atoms with van der Waals surface area (Å²) >= 11 is 0. The van der Waals surface area contributed by atoms with E-state index in [2.05, 4.69) is 0 Å². The SMILES string of the molecule is CC(c1ccc(B2OC(C)(C)C(C)(C)O2)cc1)N1CCC(CC(C)(C)O)(C2CC2)OC1=O. The van der Waals surface area contributed by atoms with Crippen molar-refractivity contribution in [2.24, 2.45) is 5.92 Å². The number of amides is 1. The van der Waals surface area contributed by atoms with Crippen LogP contribution in [-0.2, 0) is 14.0 Å². The van der Waals surface area contributed by atoms with Gasteiger partial charge < -0.3 is 24.1 Å². The van der Waals surface area contributed by atoms with Gasteiger partial charge in [-0.15, -0.1) is 0 Å². The molecule has 3 aliphatic rings. The monoisotopic (exact) mass is 443 g/mol. The molecule has 1 amide bonds. The quantitative estimate of drug-likeness (QED) is 0.668. The van der Waals surface area contributed by atoms with Gasteiger partial charge in [-0.25, -0.2) is 4.79 Å². The number of cyclic esters (lactones) is 1. The van der Waals surface area contributed by atoms with E-state index < -0.39 is 18.3 Å². The van der Waals surface area contributed by atoms with Crippen molar-refractivity contribution in [3.63, 3.8) is 0 Å². The van der Waals surface area contributed by atoms with E-state index in [1.54, 1.807) is 18.7 Å². The first kappa shape index (κ1) is 23.6. The van der Waals surface area contributed by atoms with Crippen LogP contribution in [0.4, 0.5) is 4.79 Å². The highest BCUT2D eigenvalue weighted by Crippen LogP contribution is 2.50. The van der Waals surface area contributed by atoms with E-state index in [0.717, 1.165) is 30.3 Å². The van der Waals surface area contributed by atoms with E-state index >= 15 is 0 Å². The molecule has 2 heterocycles. The number of aliphatic hydroxyl groups is 1. The third kappa shape index (κ3) is 4.44. The normalized spacial score (nSPS) is 28.6. The van der Waals surface area contributed by atoms with Crippen molar-refractivity contribution in [3.8, 4) is 0 Å². The standard InChI is InChI=1S/C25H38BNO5/c1-17(18-8-12-20(13-9-18)26-31-23(4,5)24(6,7)32-26)27-15-14-25(19-10-11-19,30-21(27)28)16-22(2,3)29/h8-9,12-13,17,19,29H,10-11,14-16H2,1-7H3. The van der Waals surface area contributed by atoms with Crippen LogP contribution in [0.3, 0.4) is 0 Å². The average Bonchev–Trinajstić information content (AvgIpc) is 3.48. The molecule has 0 spiro atoms. The Morgan fingerprint density at radius 3 is 2.16 bits per heavy atom. The van der Waals surface area contributed by atoms with Crippen molar-refractivity contribution in [3.05, 3.63) is 29.8 Å². The highest BCUT2D eigenvalue weighted by molar-refractivity contribution is 6.62. The van der Waals surface area contributed by atoms with Crippen LogP contribution >= 0.6 is 0 Å². The summed E-state index contributed by atoms with van der Waals surface area (Å²) in [6.07, 6.45) is 3.10. The van der Waals surface area contributed by atoms with Gasteiger partial charge in [0.05, 0.1) is 22.8 Å². The van der Waals surface area contributed by atoms with Gasteiger partial charge in [-0.05, 0) is 78.3 Å². The maximum Gasteiger partial charge on any atom is 0.494 e. The summed E-state index contributed by atoms with van der Waals surface area (Å²) in [7, 11) is -0.398. The summed E-state index contributed by atoms with van der Waals surface area (Å²) in [5, 5.41) is 10.4. The lowest BCUT2D eigenvalue weighted by atomic mass is 9.78. The van der Waals surface area contributed by atoms with Crippen LogP contribution in [0.2, 0.25) is 0 Å². The van der Waals surface area contributed by atoms with Crippen LogP contribution in [0.1, 0.15) is 85.8 Å². The summed E-state index contributed by atoms with van der Waals surface area (Å²) in [6, 6.07) is 8.02. The second-order valence-electron chi connectivity index (χ2n) is 11.6. The third-order valence-electron chi connectivity index (χ3n) is 7.77. The highest BCUT2D eigenvalue weighted by Gasteiger charge is 2.54. The molecule has 2 saturated heterocycles. The Balaban J connectivity index is 1.44. The van der Waals surface area contributed by atoms with Gasteiger partial charge in [0.25, 0.3) is 0 Å². The zero-order valence-electron chi connectivity index (χ0n) is 20.6. The van der Waals surface area contributed by atoms with Crippen LogP contribution in [0.15, 0.2) is 24.3 Å². The Kier molecular flexibility index (Phi) is 5.71. The predicted octanol–water partition coefficient (Wildman–Crippen LogP) is 4.20. The first-order valence-corrected chi connectivity index (χ1v) is 11.9. The van der Waals surface area contributed by atoms with Crippen molar-refractivity contribution >= 4 is 18.7 Å². The number of hydrogen-bond donors (Lipinski definition) is 1. The van der Waals surface area contributed by atoms with Crippen molar-refractivity contribution in [1.82, 2.24) is 4.90 Å². The van der Waals surface area contributed by atoms with Gasteiger partial charge in [-0.1, -0.05) is 24.3 Å². The van der Waals surface area contributed by atoms with Gasteiger partial charge in [-0.3, -0.25) is 0 Å². The summed E-state index contributed by atoms with van der Waals surface area (Å²) < 4.78 is 18.4. The molecule has 6 nitrogen and oxygen atoms in total. The highest BCUT2D eigenvalue weighted by atomic mass is 16.7. The Bertz CT molecular complexity index is 842. The Morgan fingerprint density at radius 2 is 1.69 bits per heavy atom. The zero-order valence-corrected chi connectivity index (χ0v) is 20.6. The molecule has 0 aromatic heterocycles. The minimum atomic E-state index is -0.861. The van der Waals surface area contributed by atoms with Crippen LogP contribution in [0, 0.1) is 5.92 Å².